The van der Waals surface area contributed by atoms with Crippen LogP contribution in [0.25, 0.3) is 0 Å². The van der Waals surface area contributed by atoms with Crippen LogP contribution in [-0.4, -0.2) is 16.5 Å². The second-order valence-corrected chi connectivity index (χ2v) is 4.53. The van der Waals surface area contributed by atoms with Crippen molar-refractivity contribution in [2.45, 2.75) is 12.6 Å². The fourth-order valence-corrected chi connectivity index (χ4v) is 1.79. The molecule has 0 fully saturated rings. The van der Waals surface area contributed by atoms with Gasteiger partial charge in [0.2, 0.25) is 0 Å². The Morgan fingerprint density at radius 1 is 1.14 bits per heavy atom. The van der Waals surface area contributed by atoms with Gasteiger partial charge in [0.25, 0.3) is 5.69 Å². The van der Waals surface area contributed by atoms with Crippen molar-refractivity contribution in [1.29, 1.82) is 0 Å². The van der Waals surface area contributed by atoms with Gasteiger partial charge in [0, 0.05) is 24.9 Å². The van der Waals surface area contributed by atoms with E-state index >= 15 is 0 Å². The molecule has 0 saturated carbocycles. The summed E-state index contributed by atoms with van der Waals surface area (Å²) in [5.74, 6) is 0.343. The molecule has 1 aromatic carbocycles. The third-order valence-electron chi connectivity index (χ3n) is 2.96. The molecule has 0 radical (unpaired) electrons. The van der Waals surface area contributed by atoms with Crippen LogP contribution in [-0.2, 0) is 12.6 Å². The molecule has 0 aliphatic rings. The number of hydrogen-bond acceptors (Lipinski definition) is 4. The molecule has 0 amide bonds. The van der Waals surface area contributed by atoms with Gasteiger partial charge in [-0.05, 0) is 24.1 Å². The van der Waals surface area contributed by atoms with E-state index in [-0.39, 0.29) is 5.69 Å². The maximum Gasteiger partial charge on any atom is 0.417 e. The number of nitrogens with zero attached hydrogens (tertiary/aromatic N) is 2. The lowest BCUT2D eigenvalue weighted by Crippen LogP contribution is -2.09. The number of aromatic nitrogens is 1. The van der Waals surface area contributed by atoms with Crippen LogP contribution < -0.4 is 5.32 Å². The molecule has 22 heavy (non-hydrogen) atoms. The average molecular weight is 311 g/mol. The Hall–Kier alpha value is -2.64. The molecule has 116 valence electrons. The number of alkyl halides is 3. The minimum absolute atomic E-state index is 0.0149. The molecule has 5 nitrogen and oxygen atoms in total. The maximum atomic E-state index is 12.4. The highest BCUT2D eigenvalue weighted by Gasteiger charge is 2.30. The second kappa shape index (κ2) is 6.42. The van der Waals surface area contributed by atoms with Crippen LogP contribution in [0.5, 0.6) is 0 Å². The normalized spacial score (nSPS) is 11.2. The van der Waals surface area contributed by atoms with E-state index in [0.717, 1.165) is 17.8 Å². The zero-order chi connectivity index (χ0) is 16.2. The third kappa shape index (κ3) is 4.18. The van der Waals surface area contributed by atoms with Crippen molar-refractivity contribution < 1.29 is 18.1 Å². The first-order chi connectivity index (χ1) is 10.4. The van der Waals surface area contributed by atoms with Gasteiger partial charge in [-0.25, -0.2) is 4.98 Å². The molecule has 2 aromatic rings. The number of halogens is 3. The minimum atomic E-state index is -4.40. The van der Waals surface area contributed by atoms with Gasteiger partial charge in [-0.2, -0.15) is 13.2 Å². The van der Waals surface area contributed by atoms with Crippen LogP contribution in [0.1, 0.15) is 11.1 Å². The smallest absolute Gasteiger partial charge is 0.370 e. The summed E-state index contributed by atoms with van der Waals surface area (Å²) in [5.41, 5.74) is 0.0968. The first-order valence-electron chi connectivity index (χ1n) is 6.37. The quantitative estimate of drug-likeness (QED) is 0.676. The molecular weight excluding hydrogens is 299 g/mol. The minimum Gasteiger partial charge on any atom is -0.370 e. The summed E-state index contributed by atoms with van der Waals surface area (Å²) in [6, 6.07) is 8.32. The highest BCUT2D eigenvalue weighted by molar-refractivity contribution is 5.37. The lowest BCUT2D eigenvalue weighted by molar-refractivity contribution is -0.384. The van der Waals surface area contributed by atoms with Crippen molar-refractivity contribution in [2.24, 2.45) is 0 Å². The molecule has 0 aliphatic carbocycles. The van der Waals surface area contributed by atoms with Crippen LogP contribution >= 0.6 is 0 Å². The molecule has 1 N–H and O–H groups in total. The predicted octanol–water partition coefficient (Wildman–Crippen LogP) is 3.66. The van der Waals surface area contributed by atoms with Crippen molar-refractivity contribution in [3.8, 4) is 0 Å². The van der Waals surface area contributed by atoms with Crippen LogP contribution in [0.15, 0.2) is 42.6 Å². The standard InChI is InChI=1S/C14H12F3N3O2/c15-14(16,17)11-3-6-13(19-9-11)18-8-7-10-1-4-12(5-2-10)20(21)22/h1-6,9H,7-8H2,(H,18,19). The first-order valence-corrected chi connectivity index (χ1v) is 6.37. The Balaban J connectivity index is 1.87. The fraction of sp³-hybridized carbons (Fsp3) is 0.214. The number of anilines is 1. The second-order valence-electron chi connectivity index (χ2n) is 4.53. The van der Waals surface area contributed by atoms with E-state index in [2.05, 4.69) is 10.3 Å². The van der Waals surface area contributed by atoms with E-state index in [9.17, 15) is 23.3 Å². The van der Waals surface area contributed by atoms with Crippen molar-refractivity contribution in [2.75, 3.05) is 11.9 Å². The van der Waals surface area contributed by atoms with E-state index in [0.29, 0.717) is 18.8 Å². The number of rotatable bonds is 5. The molecule has 0 atom stereocenters. The Bertz CT molecular complexity index is 640. The number of pyridine rings is 1. The zero-order valence-corrected chi connectivity index (χ0v) is 11.3. The van der Waals surface area contributed by atoms with Crippen molar-refractivity contribution in [3.63, 3.8) is 0 Å². The van der Waals surface area contributed by atoms with Crippen molar-refractivity contribution in [1.82, 2.24) is 4.98 Å². The number of nitrogens with one attached hydrogen (secondary N) is 1. The van der Waals surface area contributed by atoms with Gasteiger partial charge < -0.3 is 5.32 Å². The van der Waals surface area contributed by atoms with Gasteiger partial charge >= 0.3 is 6.18 Å². The Kier molecular flexibility index (Phi) is 4.59. The topological polar surface area (TPSA) is 68.1 Å². The summed E-state index contributed by atoms with van der Waals surface area (Å²) in [6.07, 6.45) is -3.06. The number of hydrogen-bond donors (Lipinski definition) is 1. The van der Waals surface area contributed by atoms with Crippen molar-refractivity contribution >= 4 is 11.5 Å². The molecule has 0 aliphatic heterocycles. The molecule has 8 heteroatoms. The molecule has 1 aromatic heterocycles. The summed E-state index contributed by atoms with van der Waals surface area (Å²) in [7, 11) is 0. The molecule has 0 unspecified atom stereocenters. The van der Waals surface area contributed by atoms with Crippen LogP contribution in [0, 0.1) is 10.1 Å². The summed E-state index contributed by atoms with van der Waals surface area (Å²) < 4.78 is 37.1. The molecule has 0 bridgehead atoms. The van der Waals surface area contributed by atoms with E-state index in [4.69, 9.17) is 0 Å². The molecule has 0 saturated heterocycles. The zero-order valence-electron chi connectivity index (χ0n) is 11.3. The van der Waals surface area contributed by atoms with Crippen LogP contribution in [0.3, 0.4) is 0 Å². The summed E-state index contributed by atoms with van der Waals surface area (Å²) in [6.45, 7) is 0.455. The van der Waals surface area contributed by atoms with Crippen LogP contribution in [0.4, 0.5) is 24.7 Å². The van der Waals surface area contributed by atoms with Gasteiger partial charge in [0.05, 0.1) is 10.5 Å². The predicted molar refractivity (Wildman–Crippen MR) is 74.5 cm³/mol. The highest BCUT2D eigenvalue weighted by Crippen LogP contribution is 2.28. The monoisotopic (exact) mass is 311 g/mol. The van der Waals surface area contributed by atoms with Gasteiger partial charge in [-0.3, -0.25) is 10.1 Å². The summed E-state index contributed by atoms with van der Waals surface area (Å²) >= 11 is 0. The fourth-order valence-electron chi connectivity index (χ4n) is 1.79. The molecule has 2 rings (SSSR count). The summed E-state index contributed by atoms with van der Waals surface area (Å²) in [5, 5.41) is 13.4. The average Bonchev–Trinajstić information content (AvgIpc) is 2.47. The van der Waals surface area contributed by atoms with E-state index < -0.39 is 16.7 Å². The van der Waals surface area contributed by atoms with Gasteiger partial charge in [-0.1, -0.05) is 12.1 Å². The largest absolute Gasteiger partial charge is 0.417 e. The van der Waals surface area contributed by atoms with Crippen molar-refractivity contribution in [3.05, 3.63) is 63.8 Å². The van der Waals surface area contributed by atoms with Crippen LogP contribution in [0.2, 0.25) is 0 Å². The van der Waals surface area contributed by atoms with E-state index in [1.54, 1.807) is 12.1 Å². The lowest BCUT2D eigenvalue weighted by Gasteiger charge is -2.08. The Morgan fingerprint density at radius 3 is 2.32 bits per heavy atom. The first kappa shape index (κ1) is 15.7. The summed E-state index contributed by atoms with van der Waals surface area (Å²) in [4.78, 5) is 13.7. The van der Waals surface area contributed by atoms with Gasteiger partial charge in [-0.15, -0.1) is 0 Å². The molecular formula is C14H12F3N3O2. The maximum absolute atomic E-state index is 12.4. The van der Waals surface area contributed by atoms with E-state index in [1.165, 1.54) is 18.2 Å². The highest BCUT2D eigenvalue weighted by atomic mass is 19.4. The van der Waals surface area contributed by atoms with Gasteiger partial charge in [0.1, 0.15) is 5.82 Å². The SMILES string of the molecule is O=[N+]([O-])c1ccc(CCNc2ccc(C(F)(F)F)cn2)cc1. The Morgan fingerprint density at radius 2 is 1.82 bits per heavy atom. The van der Waals surface area contributed by atoms with Gasteiger partial charge in [0.15, 0.2) is 0 Å². The number of benzene rings is 1. The Labute approximate surface area is 124 Å². The number of non-ortho nitro benzene ring substituents is 1. The lowest BCUT2D eigenvalue weighted by atomic mass is 10.1. The third-order valence-corrected chi connectivity index (χ3v) is 2.96. The molecule has 1 heterocycles. The number of nitro benzene ring substituents is 1. The van der Waals surface area contributed by atoms with E-state index in [1.807, 2.05) is 0 Å². The number of nitro groups is 1. The molecule has 0 spiro atoms.